The molecule has 0 spiro atoms. The maximum absolute atomic E-state index is 14.3. The Kier molecular flexibility index (Phi) is 6.37. The number of carbonyl (C=O) groups is 1. The van der Waals surface area contributed by atoms with E-state index in [2.05, 4.69) is 15.3 Å². The smallest absolute Gasteiger partial charge is 0.277 e. The van der Waals surface area contributed by atoms with Crippen LogP contribution in [0.4, 0.5) is 25.2 Å². The second-order valence-electron chi connectivity index (χ2n) is 9.26. The van der Waals surface area contributed by atoms with E-state index in [0.717, 1.165) is 29.0 Å². The van der Waals surface area contributed by atoms with Crippen LogP contribution in [0.2, 0.25) is 0 Å². The van der Waals surface area contributed by atoms with Crippen molar-refractivity contribution in [3.05, 3.63) is 53.0 Å². The fraction of sp³-hybridized carbons (Fsp3) is 0.375. The zero-order valence-corrected chi connectivity index (χ0v) is 20.2. The number of amides is 1. The summed E-state index contributed by atoms with van der Waals surface area (Å²) in [5, 5.41) is 23.5. The summed E-state index contributed by atoms with van der Waals surface area (Å²) in [7, 11) is 0. The van der Waals surface area contributed by atoms with Gasteiger partial charge < -0.3 is 31.9 Å². The fourth-order valence-electron chi connectivity index (χ4n) is 4.94. The lowest BCUT2D eigenvalue weighted by Gasteiger charge is -2.41. The van der Waals surface area contributed by atoms with Gasteiger partial charge in [-0.05, 0) is 25.0 Å². The topological polar surface area (TPSA) is 151 Å². The van der Waals surface area contributed by atoms with Crippen molar-refractivity contribution in [1.82, 2.24) is 9.97 Å². The Morgan fingerprint density at radius 3 is 2.67 bits per heavy atom. The van der Waals surface area contributed by atoms with Gasteiger partial charge in [0.15, 0.2) is 5.69 Å². The highest BCUT2D eigenvalue weighted by molar-refractivity contribution is 7.19. The van der Waals surface area contributed by atoms with Crippen molar-refractivity contribution >= 4 is 33.6 Å². The van der Waals surface area contributed by atoms with Gasteiger partial charge in [0.2, 0.25) is 0 Å². The van der Waals surface area contributed by atoms with E-state index in [-0.39, 0.29) is 27.2 Å². The lowest BCUT2D eigenvalue weighted by atomic mass is 9.92. The minimum atomic E-state index is -0.808. The minimum absolute atomic E-state index is 0.00739. The number of nitrogen functional groups attached to an aromatic ring is 1. The molecule has 1 amide bonds. The number of rotatable bonds is 4. The molecule has 0 saturated carbocycles. The van der Waals surface area contributed by atoms with Crippen molar-refractivity contribution in [3.8, 4) is 10.6 Å². The summed E-state index contributed by atoms with van der Waals surface area (Å²) < 4.78 is 28.5. The third-order valence-corrected chi connectivity index (χ3v) is 7.64. The third-order valence-electron chi connectivity index (χ3n) is 6.74. The van der Waals surface area contributed by atoms with Crippen molar-refractivity contribution in [1.29, 1.82) is 0 Å². The number of benzene rings is 1. The molecule has 9 nitrogen and oxygen atoms in total. The molecule has 1 aliphatic carbocycles. The van der Waals surface area contributed by atoms with E-state index >= 15 is 0 Å². The van der Waals surface area contributed by atoms with Gasteiger partial charge in [-0.25, -0.2) is 13.8 Å². The molecule has 190 valence electrons. The van der Waals surface area contributed by atoms with Crippen molar-refractivity contribution < 1.29 is 23.8 Å². The zero-order valence-electron chi connectivity index (χ0n) is 19.4. The summed E-state index contributed by atoms with van der Waals surface area (Å²) >= 11 is 0.811. The van der Waals surface area contributed by atoms with Crippen LogP contribution in [0.15, 0.2) is 24.4 Å². The number of fused-ring (bicyclic) bond motifs is 1. The van der Waals surface area contributed by atoms with Crippen LogP contribution >= 0.6 is 11.3 Å². The number of nitrogens with one attached hydrogen (secondary N) is 1. The average Bonchev–Trinajstić information content (AvgIpc) is 3.39. The highest BCUT2D eigenvalue weighted by atomic mass is 32.1. The Balaban J connectivity index is 1.50. The zero-order chi connectivity index (χ0) is 25.7. The van der Waals surface area contributed by atoms with E-state index < -0.39 is 35.8 Å². The van der Waals surface area contributed by atoms with E-state index in [9.17, 15) is 23.8 Å². The molecule has 4 unspecified atom stereocenters. The largest absolute Gasteiger partial charge is 0.391 e. The van der Waals surface area contributed by atoms with Gasteiger partial charge in [0.05, 0.1) is 41.0 Å². The van der Waals surface area contributed by atoms with Crippen LogP contribution in [0.25, 0.3) is 10.6 Å². The maximum Gasteiger partial charge on any atom is 0.277 e. The molecule has 3 aromatic rings. The van der Waals surface area contributed by atoms with Crippen molar-refractivity contribution in [3.63, 3.8) is 0 Å². The third kappa shape index (κ3) is 4.19. The quantitative estimate of drug-likeness (QED) is 0.355. The number of hydrogen-bond donors (Lipinski definition) is 5. The number of nitrogens with two attached hydrogens (primary N) is 2. The van der Waals surface area contributed by atoms with Gasteiger partial charge in [0.1, 0.15) is 21.6 Å². The van der Waals surface area contributed by atoms with Crippen LogP contribution in [0.1, 0.15) is 41.2 Å². The molecule has 0 radical (unpaired) electrons. The molecular formula is C24H26F2N6O3S. The summed E-state index contributed by atoms with van der Waals surface area (Å²) in [6.45, 7) is 2.72. The van der Waals surface area contributed by atoms with E-state index in [4.69, 9.17) is 11.5 Å². The summed E-state index contributed by atoms with van der Waals surface area (Å²) in [5.74, 6) is -2.41. The van der Waals surface area contributed by atoms with Crippen LogP contribution in [0.5, 0.6) is 0 Å². The van der Waals surface area contributed by atoms with E-state index in [1.807, 2.05) is 11.8 Å². The average molecular weight is 517 g/mol. The number of hydrogen-bond acceptors (Lipinski definition) is 9. The first kappa shape index (κ1) is 24.5. The van der Waals surface area contributed by atoms with Crippen LogP contribution in [0, 0.1) is 17.6 Å². The highest BCUT2D eigenvalue weighted by Crippen LogP contribution is 2.42. The highest BCUT2D eigenvalue weighted by Gasteiger charge is 2.36. The molecule has 36 heavy (non-hydrogen) atoms. The molecule has 7 N–H and O–H groups in total. The number of carbonyl (C=O) groups excluding carboxylic acids is 1. The van der Waals surface area contributed by atoms with Crippen LogP contribution in [0.3, 0.4) is 0 Å². The molecule has 2 aliphatic rings. The summed E-state index contributed by atoms with van der Waals surface area (Å²) in [4.78, 5) is 23.7. The molecule has 4 atom stereocenters. The number of aliphatic hydroxyl groups is 2. The number of aliphatic hydroxyl groups excluding tert-OH is 2. The normalized spacial score (nSPS) is 23.6. The van der Waals surface area contributed by atoms with Gasteiger partial charge in [-0.3, -0.25) is 9.78 Å². The summed E-state index contributed by atoms with van der Waals surface area (Å²) in [5.41, 5.74) is 14.1. The second-order valence-corrected chi connectivity index (χ2v) is 10.3. The van der Waals surface area contributed by atoms with E-state index in [1.165, 1.54) is 12.3 Å². The number of halogens is 2. The van der Waals surface area contributed by atoms with Gasteiger partial charge >= 0.3 is 0 Å². The number of aromatic nitrogens is 2. The second kappa shape index (κ2) is 9.36. The van der Waals surface area contributed by atoms with Gasteiger partial charge in [0.25, 0.3) is 5.91 Å². The van der Waals surface area contributed by atoms with Crippen LogP contribution < -0.4 is 21.7 Å². The maximum atomic E-state index is 14.3. The first-order chi connectivity index (χ1) is 17.2. The van der Waals surface area contributed by atoms with E-state index in [1.54, 1.807) is 0 Å². The SMILES string of the molecule is CC1CN(c2c(NC(=O)c3nc(-c4c(F)cccc4F)sc3N)cnc3c2CCC3O)CC(N)C1O. The van der Waals surface area contributed by atoms with Crippen LogP contribution in [-0.2, 0) is 6.42 Å². The molecular weight excluding hydrogens is 490 g/mol. The molecule has 1 aromatic carbocycles. The molecule has 2 aromatic heterocycles. The minimum Gasteiger partial charge on any atom is -0.391 e. The monoisotopic (exact) mass is 516 g/mol. The van der Waals surface area contributed by atoms with Gasteiger partial charge in [-0.15, -0.1) is 0 Å². The van der Waals surface area contributed by atoms with Crippen LogP contribution in [-0.4, -0.2) is 51.3 Å². The molecule has 1 saturated heterocycles. The lowest BCUT2D eigenvalue weighted by molar-refractivity contribution is 0.0784. The van der Waals surface area contributed by atoms with E-state index in [0.29, 0.717) is 43.0 Å². The number of nitrogens with zero attached hydrogens (tertiary/aromatic N) is 3. The lowest BCUT2D eigenvalue weighted by Crippen LogP contribution is -2.56. The predicted molar refractivity (Wildman–Crippen MR) is 133 cm³/mol. The van der Waals surface area contributed by atoms with Gasteiger partial charge in [0, 0.05) is 30.6 Å². The van der Waals surface area contributed by atoms with Crippen molar-refractivity contribution in [2.75, 3.05) is 29.0 Å². The summed E-state index contributed by atoms with van der Waals surface area (Å²) in [6.07, 6.45) is 1.15. The Hall–Kier alpha value is -3.19. The number of thiazole rings is 1. The Morgan fingerprint density at radius 2 is 1.97 bits per heavy atom. The molecule has 0 bridgehead atoms. The predicted octanol–water partition coefficient (Wildman–Crippen LogP) is 2.44. The molecule has 1 fully saturated rings. The van der Waals surface area contributed by atoms with Crippen molar-refractivity contribution in [2.24, 2.45) is 11.7 Å². The molecule has 3 heterocycles. The molecule has 12 heteroatoms. The first-order valence-corrected chi connectivity index (χ1v) is 12.4. The number of anilines is 3. The molecule has 1 aliphatic heterocycles. The Labute approximate surface area is 209 Å². The fourth-order valence-corrected chi connectivity index (χ4v) is 5.82. The number of pyridine rings is 1. The number of piperidine rings is 1. The Morgan fingerprint density at radius 1 is 1.25 bits per heavy atom. The van der Waals surface area contributed by atoms with Gasteiger partial charge in [-0.2, -0.15) is 0 Å². The Bertz CT molecular complexity index is 1300. The summed E-state index contributed by atoms with van der Waals surface area (Å²) in [6, 6.07) is 2.95. The standard InChI is InChI=1S/C24H26F2N6O3S/c1-10-8-32(9-14(27)21(10)34)20-11-5-6-16(33)18(11)29-7-15(20)30-23(35)19-22(28)36-24(31-19)17-12(25)3-2-4-13(17)26/h2-4,7,10,14,16,21,33-34H,5-6,8-9,27-28H2,1H3,(H,30,35). The van der Waals surface area contributed by atoms with Gasteiger partial charge in [-0.1, -0.05) is 24.3 Å². The molecule has 5 rings (SSSR count). The van der Waals surface area contributed by atoms with Crippen molar-refractivity contribution in [2.45, 2.75) is 38.0 Å². The first-order valence-electron chi connectivity index (χ1n) is 11.6.